The lowest BCUT2D eigenvalue weighted by Gasteiger charge is -2.06. The summed E-state index contributed by atoms with van der Waals surface area (Å²) in [6.45, 7) is 3.42. The Morgan fingerprint density at radius 1 is 1.69 bits per heavy atom. The summed E-state index contributed by atoms with van der Waals surface area (Å²) in [7, 11) is 0. The van der Waals surface area contributed by atoms with Gasteiger partial charge in [0, 0.05) is 6.20 Å². The molecule has 0 radical (unpaired) electrons. The Balaban J connectivity index is 3.03. The standard InChI is InChI=1S/C9H10ClNO2/c1-5-3-8(6(2)9(12)13)11-4-7(5)10/h3-4,6H,1-2H3,(H,12,13). The van der Waals surface area contributed by atoms with E-state index in [0.29, 0.717) is 10.7 Å². The molecule has 0 bridgehead atoms. The van der Waals surface area contributed by atoms with E-state index in [9.17, 15) is 4.79 Å². The first kappa shape index (κ1) is 9.99. The second kappa shape index (κ2) is 3.75. The van der Waals surface area contributed by atoms with Crippen LogP contribution < -0.4 is 0 Å². The van der Waals surface area contributed by atoms with Crippen LogP contribution in [0.25, 0.3) is 0 Å². The van der Waals surface area contributed by atoms with Gasteiger partial charge in [-0.3, -0.25) is 9.78 Å². The van der Waals surface area contributed by atoms with Crippen molar-refractivity contribution in [3.63, 3.8) is 0 Å². The van der Waals surface area contributed by atoms with Crippen molar-refractivity contribution >= 4 is 17.6 Å². The third kappa shape index (κ3) is 2.18. The van der Waals surface area contributed by atoms with Crippen molar-refractivity contribution in [3.8, 4) is 0 Å². The van der Waals surface area contributed by atoms with Crippen LogP contribution in [0.5, 0.6) is 0 Å². The molecule has 1 aromatic rings. The van der Waals surface area contributed by atoms with Gasteiger partial charge in [-0.2, -0.15) is 0 Å². The lowest BCUT2D eigenvalue weighted by Crippen LogP contribution is -2.09. The number of hydrogen-bond donors (Lipinski definition) is 1. The molecule has 0 amide bonds. The van der Waals surface area contributed by atoms with Crippen LogP contribution in [0.1, 0.15) is 24.1 Å². The van der Waals surface area contributed by atoms with Gasteiger partial charge in [0.2, 0.25) is 0 Å². The molecule has 4 heteroatoms. The lowest BCUT2D eigenvalue weighted by molar-refractivity contribution is -0.138. The Labute approximate surface area is 81.4 Å². The van der Waals surface area contributed by atoms with Crippen LogP contribution in [-0.4, -0.2) is 16.1 Å². The highest BCUT2D eigenvalue weighted by Gasteiger charge is 2.15. The molecule has 13 heavy (non-hydrogen) atoms. The maximum Gasteiger partial charge on any atom is 0.312 e. The summed E-state index contributed by atoms with van der Waals surface area (Å²) in [4.78, 5) is 14.6. The number of carboxylic acids is 1. The van der Waals surface area contributed by atoms with Gasteiger partial charge < -0.3 is 5.11 Å². The van der Waals surface area contributed by atoms with Crippen LogP contribution in [-0.2, 0) is 4.79 Å². The van der Waals surface area contributed by atoms with Crippen LogP contribution in [0.15, 0.2) is 12.3 Å². The number of hydrogen-bond acceptors (Lipinski definition) is 2. The molecule has 0 aliphatic rings. The van der Waals surface area contributed by atoms with E-state index in [4.69, 9.17) is 16.7 Å². The van der Waals surface area contributed by atoms with Crippen molar-refractivity contribution in [2.45, 2.75) is 19.8 Å². The van der Waals surface area contributed by atoms with Crippen molar-refractivity contribution in [2.24, 2.45) is 0 Å². The molecule has 0 aliphatic heterocycles. The summed E-state index contributed by atoms with van der Waals surface area (Å²) in [5.41, 5.74) is 1.38. The van der Waals surface area contributed by atoms with Gasteiger partial charge >= 0.3 is 5.97 Å². The molecule has 70 valence electrons. The van der Waals surface area contributed by atoms with Crippen LogP contribution in [0.2, 0.25) is 5.02 Å². The Hall–Kier alpha value is -1.09. The maximum absolute atomic E-state index is 10.6. The number of carbonyl (C=O) groups is 1. The van der Waals surface area contributed by atoms with Gasteiger partial charge in [-0.25, -0.2) is 0 Å². The van der Waals surface area contributed by atoms with Crippen LogP contribution in [0.4, 0.5) is 0 Å². The average Bonchev–Trinajstić information content (AvgIpc) is 2.08. The summed E-state index contributed by atoms with van der Waals surface area (Å²) < 4.78 is 0. The molecule has 1 unspecified atom stereocenters. The molecule has 0 aliphatic carbocycles. The van der Waals surface area contributed by atoms with E-state index < -0.39 is 11.9 Å². The van der Waals surface area contributed by atoms with E-state index in [-0.39, 0.29) is 0 Å². The van der Waals surface area contributed by atoms with E-state index in [2.05, 4.69) is 4.98 Å². The second-order valence-corrected chi connectivity index (χ2v) is 3.33. The molecule has 0 aromatic carbocycles. The normalized spacial score (nSPS) is 12.5. The maximum atomic E-state index is 10.6. The van der Waals surface area contributed by atoms with Crippen molar-refractivity contribution in [1.29, 1.82) is 0 Å². The van der Waals surface area contributed by atoms with Gasteiger partial charge in [0.25, 0.3) is 0 Å². The smallest absolute Gasteiger partial charge is 0.312 e. The van der Waals surface area contributed by atoms with Gasteiger partial charge in [0.05, 0.1) is 16.6 Å². The topological polar surface area (TPSA) is 50.2 Å². The molecule has 1 aromatic heterocycles. The van der Waals surface area contributed by atoms with Gasteiger partial charge in [-0.15, -0.1) is 0 Å². The summed E-state index contributed by atoms with van der Waals surface area (Å²) in [5, 5.41) is 9.28. The molecule has 0 saturated carbocycles. The van der Waals surface area contributed by atoms with Crippen molar-refractivity contribution in [1.82, 2.24) is 4.98 Å². The summed E-state index contributed by atoms with van der Waals surface area (Å²) in [5.74, 6) is -1.47. The highest BCUT2D eigenvalue weighted by Crippen LogP contribution is 2.19. The monoisotopic (exact) mass is 199 g/mol. The molecule has 0 spiro atoms. The SMILES string of the molecule is Cc1cc(C(C)C(=O)O)ncc1Cl. The number of pyridine rings is 1. The third-order valence-corrected chi connectivity index (χ3v) is 2.28. The second-order valence-electron chi connectivity index (χ2n) is 2.92. The number of aryl methyl sites for hydroxylation is 1. The number of carboxylic acid groups (broad SMARTS) is 1. The van der Waals surface area contributed by atoms with Crippen molar-refractivity contribution < 1.29 is 9.90 Å². The fourth-order valence-corrected chi connectivity index (χ4v) is 1.03. The quantitative estimate of drug-likeness (QED) is 0.795. The fourth-order valence-electron chi connectivity index (χ4n) is 0.924. The molecule has 1 atom stereocenters. The number of aromatic nitrogens is 1. The van der Waals surface area contributed by atoms with E-state index in [1.807, 2.05) is 6.92 Å². The minimum Gasteiger partial charge on any atom is -0.481 e. The number of aliphatic carboxylic acids is 1. The molecule has 0 saturated heterocycles. The predicted octanol–water partition coefficient (Wildman–Crippen LogP) is 2.23. The van der Waals surface area contributed by atoms with E-state index in [0.717, 1.165) is 5.56 Å². The van der Waals surface area contributed by atoms with Gasteiger partial charge in [0.15, 0.2) is 0 Å². The zero-order chi connectivity index (χ0) is 10.0. The first-order valence-corrected chi connectivity index (χ1v) is 4.25. The zero-order valence-corrected chi connectivity index (χ0v) is 8.17. The Bertz CT molecular complexity index is 338. The van der Waals surface area contributed by atoms with Gasteiger partial charge in [0.1, 0.15) is 0 Å². The lowest BCUT2D eigenvalue weighted by atomic mass is 10.1. The first-order valence-electron chi connectivity index (χ1n) is 3.87. The number of nitrogens with zero attached hydrogens (tertiary/aromatic N) is 1. The minimum atomic E-state index is -0.880. The van der Waals surface area contributed by atoms with E-state index in [1.54, 1.807) is 13.0 Å². The minimum absolute atomic E-state index is 0.536. The Morgan fingerprint density at radius 3 is 2.77 bits per heavy atom. The molecule has 1 rings (SSSR count). The first-order chi connectivity index (χ1) is 6.02. The zero-order valence-electron chi connectivity index (χ0n) is 7.41. The number of rotatable bonds is 2. The van der Waals surface area contributed by atoms with E-state index >= 15 is 0 Å². The third-order valence-electron chi connectivity index (χ3n) is 1.88. The van der Waals surface area contributed by atoms with Crippen LogP contribution in [0, 0.1) is 6.92 Å². The average molecular weight is 200 g/mol. The molecule has 1 N–H and O–H groups in total. The summed E-state index contributed by atoms with van der Waals surface area (Å²) in [6, 6.07) is 1.70. The highest BCUT2D eigenvalue weighted by molar-refractivity contribution is 6.31. The molecular formula is C9H10ClNO2. The highest BCUT2D eigenvalue weighted by atomic mass is 35.5. The summed E-state index contributed by atoms with van der Waals surface area (Å²) >= 11 is 5.75. The predicted molar refractivity (Wildman–Crippen MR) is 50.0 cm³/mol. The molecule has 1 heterocycles. The van der Waals surface area contributed by atoms with Crippen LogP contribution in [0.3, 0.4) is 0 Å². The Morgan fingerprint density at radius 2 is 2.31 bits per heavy atom. The molecule has 3 nitrogen and oxygen atoms in total. The Kier molecular flexibility index (Phi) is 2.88. The van der Waals surface area contributed by atoms with Gasteiger partial charge in [-0.05, 0) is 25.5 Å². The fraction of sp³-hybridized carbons (Fsp3) is 0.333. The van der Waals surface area contributed by atoms with E-state index in [1.165, 1.54) is 6.20 Å². The summed E-state index contributed by atoms with van der Waals surface area (Å²) in [6.07, 6.45) is 1.48. The molecule has 0 fully saturated rings. The number of halogens is 1. The van der Waals surface area contributed by atoms with Crippen LogP contribution >= 0.6 is 11.6 Å². The van der Waals surface area contributed by atoms with Gasteiger partial charge in [-0.1, -0.05) is 11.6 Å². The van der Waals surface area contributed by atoms with Crippen molar-refractivity contribution in [3.05, 3.63) is 28.5 Å². The largest absolute Gasteiger partial charge is 0.481 e. The molecular weight excluding hydrogens is 190 g/mol. The van der Waals surface area contributed by atoms with Crippen molar-refractivity contribution in [2.75, 3.05) is 0 Å².